The summed E-state index contributed by atoms with van der Waals surface area (Å²) in [5.41, 5.74) is 1.66. The highest BCUT2D eigenvalue weighted by Crippen LogP contribution is 2.33. The first-order chi connectivity index (χ1) is 13.6. The van der Waals surface area contributed by atoms with E-state index in [-0.39, 0.29) is 11.1 Å². The predicted octanol–water partition coefficient (Wildman–Crippen LogP) is 6.47. The molecule has 4 heteroatoms. The van der Waals surface area contributed by atoms with Crippen molar-refractivity contribution in [2.45, 2.75) is 0 Å². The van der Waals surface area contributed by atoms with Gasteiger partial charge >= 0.3 is 0 Å². The van der Waals surface area contributed by atoms with Gasteiger partial charge in [-0.15, -0.1) is 0 Å². The standard InChI is InChI=1S/C24H18F2O2/c1-27-19-8-5-15(6-9-19)21-11-12-22(24(26)23(21)25)18-4-3-17-14-20(28-2)10-7-16(17)13-18/h3-14H,1-2H3. The van der Waals surface area contributed by atoms with E-state index in [0.29, 0.717) is 16.9 Å². The normalized spacial score (nSPS) is 10.9. The molecule has 0 amide bonds. The van der Waals surface area contributed by atoms with Crippen molar-refractivity contribution in [3.05, 3.63) is 84.4 Å². The molecule has 0 N–H and O–H groups in total. The average Bonchev–Trinajstić information content (AvgIpc) is 2.75. The number of halogens is 2. The maximum atomic E-state index is 14.9. The molecule has 0 saturated carbocycles. The van der Waals surface area contributed by atoms with Crippen LogP contribution in [0, 0.1) is 11.6 Å². The maximum absolute atomic E-state index is 14.9. The second-order valence-electron chi connectivity index (χ2n) is 6.45. The van der Waals surface area contributed by atoms with Gasteiger partial charge in [0, 0.05) is 11.1 Å². The molecule has 0 aromatic heterocycles. The number of fused-ring (bicyclic) bond motifs is 1. The van der Waals surface area contributed by atoms with Crippen molar-refractivity contribution >= 4 is 10.8 Å². The molecule has 0 aliphatic carbocycles. The zero-order chi connectivity index (χ0) is 19.7. The number of ether oxygens (including phenoxy) is 2. The lowest BCUT2D eigenvalue weighted by Crippen LogP contribution is -1.94. The van der Waals surface area contributed by atoms with Gasteiger partial charge in [-0.05, 0) is 52.2 Å². The van der Waals surface area contributed by atoms with Crippen LogP contribution in [0.25, 0.3) is 33.0 Å². The van der Waals surface area contributed by atoms with Crippen LogP contribution < -0.4 is 9.47 Å². The van der Waals surface area contributed by atoms with Crippen molar-refractivity contribution in [3.63, 3.8) is 0 Å². The first-order valence-corrected chi connectivity index (χ1v) is 8.81. The smallest absolute Gasteiger partial charge is 0.167 e. The van der Waals surface area contributed by atoms with Gasteiger partial charge in [-0.2, -0.15) is 0 Å². The van der Waals surface area contributed by atoms with Gasteiger partial charge in [0.15, 0.2) is 11.6 Å². The zero-order valence-electron chi connectivity index (χ0n) is 15.5. The highest BCUT2D eigenvalue weighted by atomic mass is 19.2. The van der Waals surface area contributed by atoms with E-state index >= 15 is 0 Å². The topological polar surface area (TPSA) is 18.5 Å². The fraction of sp³-hybridized carbons (Fsp3) is 0.0833. The molecule has 4 aromatic rings. The highest BCUT2D eigenvalue weighted by Gasteiger charge is 2.16. The minimum atomic E-state index is -0.863. The number of hydrogen-bond acceptors (Lipinski definition) is 2. The summed E-state index contributed by atoms with van der Waals surface area (Å²) >= 11 is 0. The summed E-state index contributed by atoms with van der Waals surface area (Å²) in [6, 6.07) is 21.2. The van der Waals surface area contributed by atoms with Gasteiger partial charge in [0.1, 0.15) is 11.5 Å². The molecule has 0 radical (unpaired) electrons. The molecule has 0 saturated heterocycles. The molecular weight excluding hydrogens is 358 g/mol. The molecule has 0 aliphatic rings. The number of benzene rings is 4. The number of methoxy groups -OCH3 is 2. The lowest BCUT2D eigenvalue weighted by Gasteiger charge is -2.11. The van der Waals surface area contributed by atoms with Gasteiger partial charge in [-0.1, -0.05) is 42.5 Å². The first kappa shape index (κ1) is 18.0. The third-order valence-corrected chi connectivity index (χ3v) is 4.84. The van der Waals surface area contributed by atoms with Gasteiger partial charge in [-0.25, -0.2) is 8.78 Å². The van der Waals surface area contributed by atoms with Crippen molar-refractivity contribution in [1.82, 2.24) is 0 Å². The summed E-state index contributed by atoms with van der Waals surface area (Å²) in [6.07, 6.45) is 0. The predicted molar refractivity (Wildman–Crippen MR) is 108 cm³/mol. The van der Waals surface area contributed by atoms with Gasteiger partial charge in [0.05, 0.1) is 14.2 Å². The van der Waals surface area contributed by atoms with Crippen LogP contribution in [0.15, 0.2) is 72.8 Å². The average molecular weight is 376 g/mol. The van der Waals surface area contributed by atoms with E-state index in [4.69, 9.17) is 9.47 Å². The monoisotopic (exact) mass is 376 g/mol. The lowest BCUT2D eigenvalue weighted by molar-refractivity contribution is 0.415. The quantitative estimate of drug-likeness (QED) is 0.406. The minimum absolute atomic E-state index is 0.217. The Morgan fingerprint density at radius 1 is 0.536 bits per heavy atom. The van der Waals surface area contributed by atoms with Crippen LogP contribution in [-0.4, -0.2) is 14.2 Å². The second kappa shape index (κ2) is 7.31. The molecule has 0 heterocycles. The van der Waals surface area contributed by atoms with Crippen molar-refractivity contribution < 1.29 is 18.3 Å². The molecule has 0 aliphatic heterocycles. The van der Waals surface area contributed by atoms with E-state index < -0.39 is 11.6 Å². The van der Waals surface area contributed by atoms with Gasteiger partial charge in [0.2, 0.25) is 0 Å². The van der Waals surface area contributed by atoms with E-state index in [0.717, 1.165) is 16.5 Å². The van der Waals surface area contributed by atoms with E-state index in [2.05, 4.69) is 0 Å². The Labute approximate surface area is 162 Å². The van der Waals surface area contributed by atoms with Gasteiger partial charge in [0.25, 0.3) is 0 Å². The third kappa shape index (κ3) is 3.18. The second-order valence-corrected chi connectivity index (χ2v) is 6.45. The molecule has 0 atom stereocenters. The van der Waals surface area contributed by atoms with Crippen molar-refractivity contribution in [2.24, 2.45) is 0 Å². The van der Waals surface area contributed by atoms with E-state index in [1.807, 2.05) is 30.3 Å². The Morgan fingerprint density at radius 2 is 1.04 bits per heavy atom. The first-order valence-electron chi connectivity index (χ1n) is 8.81. The Hall–Kier alpha value is -3.40. The Morgan fingerprint density at radius 3 is 1.68 bits per heavy atom. The van der Waals surface area contributed by atoms with E-state index in [1.165, 1.54) is 0 Å². The summed E-state index contributed by atoms with van der Waals surface area (Å²) in [5.74, 6) is -0.311. The molecule has 0 unspecified atom stereocenters. The molecule has 0 fully saturated rings. The molecule has 28 heavy (non-hydrogen) atoms. The summed E-state index contributed by atoms with van der Waals surface area (Å²) in [4.78, 5) is 0. The lowest BCUT2D eigenvalue weighted by atomic mass is 9.97. The number of hydrogen-bond donors (Lipinski definition) is 0. The van der Waals surface area contributed by atoms with Crippen LogP contribution in [0.3, 0.4) is 0 Å². The zero-order valence-corrected chi connectivity index (χ0v) is 15.5. The SMILES string of the molecule is COc1ccc(-c2ccc(-c3ccc4cc(OC)ccc4c3)c(F)c2F)cc1. The Balaban J connectivity index is 1.76. The number of rotatable bonds is 4. The van der Waals surface area contributed by atoms with Crippen LogP contribution in [-0.2, 0) is 0 Å². The molecule has 2 nitrogen and oxygen atoms in total. The van der Waals surface area contributed by atoms with Gasteiger partial charge in [-0.3, -0.25) is 0 Å². The molecule has 4 rings (SSSR count). The molecule has 4 aromatic carbocycles. The largest absolute Gasteiger partial charge is 0.497 e. The molecule has 140 valence electrons. The van der Waals surface area contributed by atoms with Crippen LogP contribution in [0.4, 0.5) is 8.78 Å². The van der Waals surface area contributed by atoms with Crippen LogP contribution in [0.5, 0.6) is 11.5 Å². The third-order valence-electron chi connectivity index (χ3n) is 4.84. The molecular formula is C24H18F2O2. The van der Waals surface area contributed by atoms with Crippen LogP contribution >= 0.6 is 0 Å². The fourth-order valence-corrected chi connectivity index (χ4v) is 3.28. The molecule has 0 bridgehead atoms. The maximum Gasteiger partial charge on any atom is 0.167 e. The Kier molecular flexibility index (Phi) is 4.70. The van der Waals surface area contributed by atoms with Gasteiger partial charge < -0.3 is 9.47 Å². The summed E-state index contributed by atoms with van der Waals surface area (Å²) in [6.45, 7) is 0. The fourth-order valence-electron chi connectivity index (χ4n) is 3.28. The van der Waals surface area contributed by atoms with Crippen molar-refractivity contribution in [1.29, 1.82) is 0 Å². The van der Waals surface area contributed by atoms with Crippen LogP contribution in [0.2, 0.25) is 0 Å². The Bertz CT molecular complexity index is 1150. The minimum Gasteiger partial charge on any atom is -0.497 e. The van der Waals surface area contributed by atoms with E-state index in [1.54, 1.807) is 56.7 Å². The van der Waals surface area contributed by atoms with Crippen molar-refractivity contribution in [3.8, 4) is 33.8 Å². The van der Waals surface area contributed by atoms with E-state index in [9.17, 15) is 8.78 Å². The van der Waals surface area contributed by atoms with Crippen molar-refractivity contribution in [2.75, 3.05) is 14.2 Å². The highest BCUT2D eigenvalue weighted by molar-refractivity contribution is 5.88. The van der Waals surface area contributed by atoms with Crippen LogP contribution in [0.1, 0.15) is 0 Å². The summed E-state index contributed by atoms with van der Waals surface area (Å²) in [7, 11) is 3.17. The summed E-state index contributed by atoms with van der Waals surface area (Å²) in [5, 5.41) is 1.90. The molecule has 0 spiro atoms. The summed E-state index contributed by atoms with van der Waals surface area (Å²) < 4.78 is 40.0.